The van der Waals surface area contributed by atoms with Crippen LogP contribution in [0.2, 0.25) is 5.02 Å². The van der Waals surface area contributed by atoms with Crippen molar-refractivity contribution in [1.29, 1.82) is 0 Å². The van der Waals surface area contributed by atoms with Gasteiger partial charge in [0.2, 0.25) is 10.0 Å². The monoisotopic (exact) mass is 472 g/mol. The zero-order valence-electron chi connectivity index (χ0n) is 16.4. The van der Waals surface area contributed by atoms with E-state index in [4.69, 9.17) is 21.5 Å². The van der Waals surface area contributed by atoms with Crippen molar-refractivity contribution in [3.8, 4) is 0 Å². The SMILES string of the molecule is NS(=O)(=O)c1ccc(NC(=O)COC(=O)c2ccccc2C(=O)c2ccc(Cl)cc2)cc1. The lowest BCUT2D eigenvalue weighted by Gasteiger charge is -2.10. The first-order valence-electron chi connectivity index (χ1n) is 9.14. The highest BCUT2D eigenvalue weighted by atomic mass is 35.5. The molecule has 3 rings (SSSR count). The molecule has 164 valence electrons. The van der Waals surface area contributed by atoms with Gasteiger partial charge in [-0.2, -0.15) is 0 Å². The zero-order chi connectivity index (χ0) is 23.3. The average molecular weight is 473 g/mol. The van der Waals surface area contributed by atoms with Gasteiger partial charge in [-0.3, -0.25) is 9.59 Å². The Balaban J connectivity index is 1.66. The fourth-order valence-electron chi connectivity index (χ4n) is 2.75. The molecule has 0 radical (unpaired) electrons. The number of sulfonamides is 1. The van der Waals surface area contributed by atoms with Crippen molar-refractivity contribution in [1.82, 2.24) is 0 Å². The number of carbonyl (C=O) groups is 3. The highest BCUT2D eigenvalue weighted by Gasteiger charge is 2.20. The van der Waals surface area contributed by atoms with E-state index in [0.717, 1.165) is 0 Å². The minimum Gasteiger partial charge on any atom is -0.452 e. The molecule has 0 aromatic heterocycles. The van der Waals surface area contributed by atoms with Crippen molar-refractivity contribution >= 4 is 45.0 Å². The largest absolute Gasteiger partial charge is 0.452 e. The number of primary sulfonamides is 1. The normalized spacial score (nSPS) is 10.9. The van der Waals surface area contributed by atoms with Gasteiger partial charge in [-0.25, -0.2) is 18.4 Å². The van der Waals surface area contributed by atoms with Crippen molar-refractivity contribution in [3.63, 3.8) is 0 Å². The molecule has 0 saturated carbocycles. The van der Waals surface area contributed by atoms with Crippen LogP contribution in [0, 0.1) is 0 Å². The van der Waals surface area contributed by atoms with Crippen LogP contribution < -0.4 is 10.5 Å². The molecule has 3 aromatic carbocycles. The lowest BCUT2D eigenvalue weighted by molar-refractivity contribution is -0.119. The second kappa shape index (κ2) is 9.73. The van der Waals surface area contributed by atoms with E-state index in [-0.39, 0.29) is 21.7 Å². The number of carbonyl (C=O) groups excluding carboxylic acids is 3. The number of anilines is 1. The van der Waals surface area contributed by atoms with E-state index in [9.17, 15) is 22.8 Å². The fourth-order valence-corrected chi connectivity index (χ4v) is 3.39. The molecule has 8 nitrogen and oxygen atoms in total. The van der Waals surface area contributed by atoms with E-state index in [1.54, 1.807) is 36.4 Å². The van der Waals surface area contributed by atoms with Crippen LogP contribution in [0.1, 0.15) is 26.3 Å². The Morgan fingerprint density at radius 2 is 1.47 bits per heavy atom. The maximum Gasteiger partial charge on any atom is 0.339 e. The predicted molar refractivity (Wildman–Crippen MR) is 118 cm³/mol. The summed E-state index contributed by atoms with van der Waals surface area (Å²) in [5.74, 6) is -1.89. The summed E-state index contributed by atoms with van der Waals surface area (Å²) >= 11 is 5.85. The quantitative estimate of drug-likeness (QED) is 0.401. The number of nitrogens with two attached hydrogens (primary N) is 1. The molecule has 1 amide bonds. The standard InChI is InChI=1S/C22H17ClN2O6S/c23-15-7-5-14(6-8-15)21(27)18-3-1-2-4-19(18)22(28)31-13-20(26)25-16-9-11-17(12-10-16)32(24,29)30/h1-12H,13H2,(H,25,26)(H2,24,29,30). The van der Waals surface area contributed by atoms with E-state index in [1.807, 2.05) is 0 Å². The Labute approximate surface area is 189 Å². The molecular formula is C22H17ClN2O6S. The highest BCUT2D eigenvalue weighted by molar-refractivity contribution is 7.89. The number of benzene rings is 3. The predicted octanol–water partition coefficient (Wildman–Crippen LogP) is 3.01. The Bertz CT molecular complexity index is 1270. The lowest BCUT2D eigenvalue weighted by atomic mass is 9.98. The van der Waals surface area contributed by atoms with Gasteiger partial charge in [-0.1, -0.05) is 29.8 Å². The molecule has 0 spiro atoms. The van der Waals surface area contributed by atoms with Gasteiger partial charge in [0.1, 0.15) is 0 Å². The molecule has 0 heterocycles. The lowest BCUT2D eigenvalue weighted by Crippen LogP contribution is -2.22. The molecule has 0 atom stereocenters. The molecule has 0 unspecified atom stereocenters. The highest BCUT2D eigenvalue weighted by Crippen LogP contribution is 2.18. The summed E-state index contributed by atoms with van der Waals surface area (Å²) in [5, 5.41) is 7.96. The number of halogens is 1. The Kier molecular flexibility index (Phi) is 7.04. The Morgan fingerprint density at radius 1 is 0.875 bits per heavy atom. The van der Waals surface area contributed by atoms with Crippen molar-refractivity contribution in [2.45, 2.75) is 4.90 Å². The second-order valence-electron chi connectivity index (χ2n) is 6.58. The molecule has 0 aliphatic heterocycles. The van der Waals surface area contributed by atoms with Crippen molar-refractivity contribution in [2.24, 2.45) is 5.14 Å². The number of amides is 1. The molecule has 0 aliphatic rings. The molecule has 0 bridgehead atoms. The number of rotatable bonds is 7. The molecule has 0 fully saturated rings. The van der Waals surface area contributed by atoms with Crippen molar-refractivity contribution < 1.29 is 27.5 Å². The van der Waals surface area contributed by atoms with E-state index in [2.05, 4.69) is 5.32 Å². The molecule has 3 N–H and O–H groups in total. The van der Waals surface area contributed by atoms with Gasteiger partial charge in [0.15, 0.2) is 12.4 Å². The van der Waals surface area contributed by atoms with Crippen molar-refractivity contribution in [2.75, 3.05) is 11.9 Å². The van der Waals surface area contributed by atoms with E-state index >= 15 is 0 Å². The van der Waals surface area contributed by atoms with E-state index < -0.39 is 34.3 Å². The smallest absolute Gasteiger partial charge is 0.339 e. The summed E-state index contributed by atoms with van der Waals surface area (Å²) in [7, 11) is -3.85. The van der Waals surface area contributed by atoms with Gasteiger partial charge < -0.3 is 10.1 Å². The van der Waals surface area contributed by atoms with Gasteiger partial charge in [0, 0.05) is 21.8 Å². The fraction of sp³-hybridized carbons (Fsp3) is 0.0455. The Hall–Kier alpha value is -3.53. The van der Waals surface area contributed by atoms with Crippen LogP contribution in [0.5, 0.6) is 0 Å². The van der Waals surface area contributed by atoms with Crippen LogP contribution in [-0.2, 0) is 19.6 Å². The minimum absolute atomic E-state index is 0.0118. The first-order chi connectivity index (χ1) is 15.1. The number of esters is 1. The summed E-state index contributed by atoms with van der Waals surface area (Å²) in [5.41, 5.74) is 0.767. The second-order valence-corrected chi connectivity index (χ2v) is 8.57. The summed E-state index contributed by atoms with van der Waals surface area (Å²) in [6.45, 7) is -0.612. The van der Waals surface area contributed by atoms with Gasteiger partial charge in [-0.05, 0) is 54.6 Å². The Morgan fingerprint density at radius 3 is 2.06 bits per heavy atom. The zero-order valence-corrected chi connectivity index (χ0v) is 18.0. The summed E-state index contributed by atoms with van der Waals surface area (Å²) in [6.07, 6.45) is 0. The first-order valence-corrected chi connectivity index (χ1v) is 11.1. The van der Waals surface area contributed by atoms with Gasteiger partial charge in [0.05, 0.1) is 10.5 Å². The molecule has 3 aromatic rings. The number of hydrogen-bond acceptors (Lipinski definition) is 6. The first kappa shape index (κ1) is 23.1. The molecule has 32 heavy (non-hydrogen) atoms. The summed E-state index contributed by atoms with van der Waals surface area (Å²) in [4.78, 5) is 37.3. The molecule has 0 saturated heterocycles. The third-order valence-corrected chi connectivity index (χ3v) is 5.48. The van der Waals surface area contributed by atoms with Gasteiger partial charge in [0.25, 0.3) is 5.91 Å². The minimum atomic E-state index is -3.85. The van der Waals surface area contributed by atoms with Crippen LogP contribution in [0.25, 0.3) is 0 Å². The topological polar surface area (TPSA) is 133 Å². The number of ketones is 1. The molecule has 0 aliphatic carbocycles. The molecular weight excluding hydrogens is 456 g/mol. The maximum atomic E-state index is 12.8. The van der Waals surface area contributed by atoms with Crippen LogP contribution in [0.15, 0.2) is 77.7 Å². The van der Waals surface area contributed by atoms with Gasteiger partial charge >= 0.3 is 5.97 Å². The van der Waals surface area contributed by atoms with Crippen molar-refractivity contribution in [3.05, 3.63) is 94.5 Å². The van der Waals surface area contributed by atoms with E-state index in [1.165, 1.54) is 36.4 Å². The summed E-state index contributed by atoms with van der Waals surface area (Å²) < 4.78 is 27.6. The maximum absolute atomic E-state index is 12.8. The number of nitrogens with one attached hydrogen (secondary N) is 1. The van der Waals surface area contributed by atoms with Crippen LogP contribution in [0.4, 0.5) is 5.69 Å². The van der Waals surface area contributed by atoms with E-state index in [0.29, 0.717) is 10.6 Å². The average Bonchev–Trinajstić information content (AvgIpc) is 2.77. The van der Waals surface area contributed by atoms with Crippen LogP contribution in [0.3, 0.4) is 0 Å². The number of hydrogen-bond donors (Lipinski definition) is 2. The van der Waals surface area contributed by atoms with Gasteiger partial charge in [-0.15, -0.1) is 0 Å². The third-order valence-electron chi connectivity index (χ3n) is 4.30. The number of ether oxygens (including phenoxy) is 1. The van der Waals surface area contributed by atoms with Crippen LogP contribution >= 0.6 is 11.6 Å². The molecule has 10 heteroatoms. The van der Waals surface area contributed by atoms with Crippen LogP contribution in [-0.4, -0.2) is 32.7 Å². The third kappa shape index (κ3) is 5.79. The summed E-state index contributed by atoms with van der Waals surface area (Å²) in [6, 6.07) is 17.5.